The lowest BCUT2D eigenvalue weighted by Gasteiger charge is -2.25. The Morgan fingerprint density at radius 1 is 0.818 bits per heavy atom. The molecule has 0 amide bonds. The quantitative estimate of drug-likeness (QED) is 0.632. The van der Waals surface area contributed by atoms with Crippen LogP contribution in [0.5, 0.6) is 0 Å². The van der Waals surface area contributed by atoms with Gasteiger partial charge in [0.15, 0.2) is 6.23 Å². The lowest BCUT2D eigenvalue weighted by Crippen LogP contribution is -2.34. The van der Waals surface area contributed by atoms with Gasteiger partial charge in [-0.2, -0.15) is 0 Å². The molecular formula is C23H38N4O6. The van der Waals surface area contributed by atoms with E-state index < -0.39 is 0 Å². The van der Waals surface area contributed by atoms with Crippen molar-refractivity contribution in [3.63, 3.8) is 0 Å². The molecule has 0 saturated carbocycles. The van der Waals surface area contributed by atoms with Crippen molar-refractivity contribution >= 4 is 11.0 Å². The fraction of sp³-hybridized carbons (Fsp3) is 0.739. The fourth-order valence-electron chi connectivity index (χ4n) is 3.57. The van der Waals surface area contributed by atoms with Crippen LogP contribution in [0.2, 0.25) is 0 Å². The molecule has 1 aromatic heterocycles. The Morgan fingerprint density at radius 2 is 1.36 bits per heavy atom. The van der Waals surface area contributed by atoms with Gasteiger partial charge in [0.25, 0.3) is 0 Å². The third-order valence-corrected chi connectivity index (χ3v) is 5.29. The first-order valence-corrected chi connectivity index (χ1v) is 11.9. The summed E-state index contributed by atoms with van der Waals surface area (Å²) in [4.78, 5) is 2.34. The predicted octanol–water partition coefficient (Wildman–Crippen LogP) is 1.76. The highest BCUT2D eigenvalue weighted by Crippen LogP contribution is 2.19. The van der Waals surface area contributed by atoms with E-state index in [9.17, 15) is 0 Å². The molecule has 1 aliphatic rings. The second-order valence-corrected chi connectivity index (χ2v) is 7.62. The average Bonchev–Trinajstić information content (AvgIpc) is 3.26. The number of hydrogen-bond acceptors (Lipinski definition) is 9. The lowest BCUT2D eigenvalue weighted by molar-refractivity contribution is -0.0253. The van der Waals surface area contributed by atoms with E-state index in [0.717, 1.165) is 37.1 Å². The average molecular weight is 467 g/mol. The Hall–Kier alpha value is -1.66. The van der Waals surface area contributed by atoms with Crippen LogP contribution in [-0.2, 0) is 28.4 Å². The standard InChI is InChI=1S/C23H38N4O6/c1-2-33-23(27-22-6-4-3-5-21(22)24-25-27)7-8-26-9-11-28-13-15-30-17-19-32-20-18-31-16-14-29-12-10-26/h3-6,23H,2,7-20H2,1H3. The fourth-order valence-corrected chi connectivity index (χ4v) is 3.57. The molecule has 1 aromatic carbocycles. The molecule has 0 spiro atoms. The van der Waals surface area contributed by atoms with Crippen LogP contribution >= 0.6 is 0 Å². The molecule has 1 aliphatic heterocycles. The second-order valence-electron chi connectivity index (χ2n) is 7.62. The zero-order valence-corrected chi connectivity index (χ0v) is 19.7. The molecule has 10 nitrogen and oxygen atoms in total. The minimum absolute atomic E-state index is 0.179. The van der Waals surface area contributed by atoms with Gasteiger partial charge in [0, 0.05) is 32.7 Å². The van der Waals surface area contributed by atoms with E-state index in [1.54, 1.807) is 0 Å². The molecule has 33 heavy (non-hydrogen) atoms. The van der Waals surface area contributed by atoms with Crippen molar-refractivity contribution in [3.05, 3.63) is 24.3 Å². The highest BCUT2D eigenvalue weighted by atomic mass is 16.6. The number of benzene rings is 1. The third-order valence-electron chi connectivity index (χ3n) is 5.29. The van der Waals surface area contributed by atoms with Crippen molar-refractivity contribution in [2.75, 3.05) is 92.3 Å². The van der Waals surface area contributed by atoms with Gasteiger partial charge in [-0.15, -0.1) is 5.10 Å². The Morgan fingerprint density at radius 3 is 1.94 bits per heavy atom. The van der Waals surface area contributed by atoms with Gasteiger partial charge < -0.3 is 28.4 Å². The van der Waals surface area contributed by atoms with Crippen LogP contribution in [0.15, 0.2) is 24.3 Å². The number of nitrogens with zero attached hydrogens (tertiary/aromatic N) is 4. The zero-order valence-electron chi connectivity index (χ0n) is 19.7. The predicted molar refractivity (Wildman–Crippen MR) is 123 cm³/mol. The van der Waals surface area contributed by atoms with E-state index in [0.29, 0.717) is 72.7 Å². The van der Waals surface area contributed by atoms with Gasteiger partial charge in [-0.05, 0) is 19.1 Å². The summed E-state index contributed by atoms with van der Waals surface area (Å²) in [7, 11) is 0. The largest absolute Gasteiger partial charge is 0.378 e. The molecule has 2 heterocycles. The van der Waals surface area contributed by atoms with E-state index in [2.05, 4.69) is 15.2 Å². The molecule has 0 N–H and O–H groups in total. The monoisotopic (exact) mass is 466 g/mol. The number of fused-ring (bicyclic) bond motifs is 1. The van der Waals surface area contributed by atoms with Crippen LogP contribution in [0.4, 0.5) is 0 Å². The smallest absolute Gasteiger partial charge is 0.153 e. The maximum Gasteiger partial charge on any atom is 0.153 e. The van der Waals surface area contributed by atoms with E-state index >= 15 is 0 Å². The van der Waals surface area contributed by atoms with Crippen molar-refractivity contribution in [3.8, 4) is 0 Å². The van der Waals surface area contributed by atoms with Crippen LogP contribution in [0.3, 0.4) is 0 Å². The molecule has 0 radical (unpaired) electrons. The number of ether oxygens (including phenoxy) is 6. The highest BCUT2D eigenvalue weighted by molar-refractivity contribution is 5.73. The number of para-hydroxylation sites is 1. The van der Waals surface area contributed by atoms with Crippen LogP contribution in [-0.4, -0.2) is 112 Å². The van der Waals surface area contributed by atoms with Gasteiger partial charge in [0.05, 0.1) is 71.6 Å². The van der Waals surface area contributed by atoms with Crippen LogP contribution < -0.4 is 0 Å². The Kier molecular flexibility index (Phi) is 12.6. The van der Waals surface area contributed by atoms with Gasteiger partial charge in [-0.1, -0.05) is 17.3 Å². The Balaban J connectivity index is 1.51. The summed E-state index contributed by atoms with van der Waals surface area (Å²) in [5.74, 6) is 0. The molecule has 0 bridgehead atoms. The van der Waals surface area contributed by atoms with Gasteiger partial charge in [0.2, 0.25) is 0 Å². The molecule has 1 saturated heterocycles. The van der Waals surface area contributed by atoms with E-state index in [1.807, 2.05) is 35.9 Å². The number of rotatable bonds is 6. The van der Waals surface area contributed by atoms with E-state index in [-0.39, 0.29) is 6.23 Å². The summed E-state index contributed by atoms with van der Waals surface area (Å²) in [5.41, 5.74) is 1.85. The Bertz CT molecular complexity index is 743. The minimum Gasteiger partial charge on any atom is -0.378 e. The maximum atomic E-state index is 6.03. The van der Waals surface area contributed by atoms with Gasteiger partial charge in [-0.25, -0.2) is 4.68 Å². The van der Waals surface area contributed by atoms with Crippen LogP contribution in [0.1, 0.15) is 19.6 Å². The summed E-state index contributed by atoms with van der Waals surface area (Å²) < 4.78 is 36.0. The second kappa shape index (κ2) is 16.0. The molecule has 1 unspecified atom stereocenters. The van der Waals surface area contributed by atoms with E-state index in [1.165, 1.54) is 0 Å². The third kappa shape index (κ3) is 9.62. The zero-order chi connectivity index (χ0) is 23.0. The Labute approximate surface area is 196 Å². The number of aromatic nitrogens is 3. The first-order chi connectivity index (χ1) is 16.4. The number of hydrogen-bond donors (Lipinski definition) is 0. The summed E-state index contributed by atoms with van der Waals surface area (Å²) in [5, 5.41) is 8.63. The van der Waals surface area contributed by atoms with Crippen molar-refractivity contribution in [2.45, 2.75) is 19.6 Å². The molecule has 3 rings (SSSR count). The van der Waals surface area contributed by atoms with Crippen molar-refractivity contribution in [1.29, 1.82) is 0 Å². The molecule has 1 atom stereocenters. The molecular weight excluding hydrogens is 428 g/mol. The maximum absolute atomic E-state index is 6.03. The highest BCUT2D eigenvalue weighted by Gasteiger charge is 2.17. The summed E-state index contributed by atoms with van der Waals surface area (Å²) in [6, 6.07) is 7.95. The summed E-state index contributed by atoms with van der Waals surface area (Å²) >= 11 is 0. The normalized spacial score (nSPS) is 20.3. The van der Waals surface area contributed by atoms with Crippen LogP contribution in [0, 0.1) is 0 Å². The van der Waals surface area contributed by atoms with Crippen molar-refractivity contribution < 1.29 is 28.4 Å². The first-order valence-electron chi connectivity index (χ1n) is 11.9. The summed E-state index contributed by atoms with van der Waals surface area (Å²) in [6.07, 6.45) is 0.606. The lowest BCUT2D eigenvalue weighted by atomic mass is 10.3. The first kappa shape index (κ1) is 26.0. The molecule has 2 aromatic rings. The van der Waals surface area contributed by atoms with Crippen molar-refractivity contribution in [2.24, 2.45) is 0 Å². The van der Waals surface area contributed by atoms with Gasteiger partial charge in [-0.3, -0.25) is 4.90 Å². The SMILES string of the molecule is CCOC(CCN1CCOCCOCCOCCOCCOCC1)n1nnc2ccccc21. The molecule has 10 heteroatoms. The molecule has 1 fully saturated rings. The van der Waals surface area contributed by atoms with Crippen LogP contribution in [0.25, 0.3) is 11.0 Å². The molecule has 186 valence electrons. The van der Waals surface area contributed by atoms with Gasteiger partial charge in [0.1, 0.15) is 5.52 Å². The summed E-state index contributed by atoms with van der Waals surface area (Å²) in [6.45, 7) is 10.8. The van der Waals surface area contributed by atoms with Gasteiger partial charge >= 0.3 is 0 Å². The topological polar surface area (TPSA) is 89.3 Å². The van der Waals surface area contributed by atoms with Crippen molar-refractivity contribution in [1.82, 2.24) is 19.9 Å². The minimum atomic E-state index is -0.179. The van der Waals surface area contributed by atoms with E-state index in [4.69, 9.17) is 28.4 Å². The molecule has 0 aliphatic carbocycles.